The minimum atomic E-state index is -0.435. The van der Waals surface area contributed by atoms with E-state index in [2.05, 4.69) is 16.0 Å². The largest absolute Gasteiger partial charge is 0.370 e. The van der Waals surface area contributed by atoms with Crippen molar-refractivity contribution in [2.24, 2.45) is 0 Å². The van der Waals surface area contributed by atoms with Crippen LogP contribution in [0.3, 0.4) is 0 Å². The zero-order chi connectivity index (χ0) is 17.9. The number of rotatable bonds is 5. The number of benzene rings is 2. The van der Waals surface area contributed by atoms with Gasteiger partial charge in [0.25, 0.3) is 0 Å². The molecule has 2 aliphatic rings. The maximum atomic E-state index is 12.8. The second kappa shape index (κ2) is 7.20. The fourth-order valence-corrected chi connectivity index (χ4v) is 3.29. The summed E-state index contributed by atoms with van der Waals surface area (Å²) in [6.45, 7) is 0. The highest BCUT2D eigenvalue weighted by Gasteiger charge is 2.28. The molecule has 26 heavy (non-hydrogen) atoms. The van der Waals surface area contributed by atoms with Crippen LogP contribution in [0, 0.1) is 0 Å². The van der Waals surface area contributed by atoms with Crippen LogP contribution in [0.1, 0.15) is 42.9 Å². The van der Waals surface area contributed by atoms with Gasteiger partial charge in [0.05, 0.1) is 0 Å². The maximum Gasteiger partial charge on any atom is 0.247 e. The molecule has 5 nitrogen and oxygen atoms in total. The Balaban J connectivity index is 1.58. The molecule has 1 saturated carbocycles. The highest BCUT2D eigenvalue weighted by Crippen LogP contribution is 2.28. The Labute approximate surface area is 153 Å². The third-order valence-corrected chi connectivity index (χ3v) is 4.86. The van der Waals surface area contributed by atoms with Gasteiger partial charge in [0.1, 0.15) is 6.04 Å². The van der Waals surface area contributed by atoms with Crippen molar-refractivity contribution in [3.63, 3.8) is 0 Å². The fourth-order valence-electron chi connectivity index (χ4n) is 3.29. The Hall–Kier alpha value is -2.82. The molecule has 4 rings (SSSR count). The smallest absolute Gasteiger partial charge is 0.247 e. The Bertz CT molecular complexity index is 815. The van der Waals surface area contributed by atoms with E-state index < -0.39 is 6.04 Å². The van der Waals surface area contributed by atoms with Crippen molar-refractivity contribution in [3.05, 3.63) is 59.7 Å². The van der Waals surface area contributed by atoms with Crippen LogP contribution in [0.15, 0.2) is 48.5 Å². The lowest BCUT2D eigenvalue weighted by molar-refractivity contribution is -0.122. The molecule has 0 bridgehead atoms. The van der Waals surface area contributed by atoms with E-state index in [1.165, 1.54) is 0 Å². The van der Waals surface area contributed by atoms with E-state index in [-0.39, 0.29) is 11.8 Å². The minimum Gasteiger partial charge on any atom is -0.370 e. The predicted molar refractivity (Wildman–Crippen MR) is 102 cm³/mol. The Morgan fingerprint density at radius 1 is 1.08 bits per heavy atom. The SMILES string of the molecule is O=C1CCCc2cc(N[C@H](C(=O)NC3CC3)c3ccccc3)ccc2N1. The van der Waals surface area contributed by atoms with Crippen molar-refractivity contribution in [3.8, 4) is 0 Å². The normalized spacial score (nSPS) is 17.5. The lowest BCUT2D eigenvalue weighted by Gasteiger charge is -2.21. The van der Waals surface area contributed by atoms with Gasteiger partial charge in [-0.05, 0) is 55.0 Å². The highest BCUT2D eigenvalue weighted by molar-refractivity contribution is 5.93. The summed E-state index contributed by atoms with van der Waals surface area (Å²) in [5.41, 5.74) is 3.81. The number of aryl methyl sites for hydroxylation is 1. The number of fused-ring (bicyclic) bond motifs is 1. The standard InChI is InChI=1S/C21H23N3O2/c25-19-8-4-7-15-13-17(11-12-18(15)24-19)22-20(14-5-2-1-3-6-14)21(26)23-16-9-10-16/h1-3,5-6,11-13,16,20,22H,4,7-10H2,(H,23,26)(H,24,25)/t20-/m0/s1. The summed E-state index contributed by atoms with van der Waals surface area (Å²) in [5, 5.41) is 9.42. The van der Waals surface area contributed by atoms with Gasteiger partial charge in [-0.25, -0.2) is 0 Å². The molecule has 2 aromatic carbocycles. The van der Waals surface area contributed by atoms with Crippen molar-refractivity contribution in [2.45, 2.75) is 44.2 Å². The van der Waals surface area contributed by atoms with Gasteiger partial charge in [0, 0.05) is 23.8 Å². The van der Waals surface area contributed by atoms with E-state index in [0.717, 1.165) is 48.2 Å². The summed E-state index contributed by atoms with van der Waals surface area (Å²) < 4.78 is 0. The van der Waals surface area contributed by atoms with Gasteiger partial charge in [-0.3, -0.25) is 9.59 Å². The van der Waals surface area contributed by atoms with Crippen LogP contribution in [0.2, 0.25) is 0 Å². The van der Waals surface area contributed by atoms with Gasteiger partial charge in [0.2, 0.25) is 11.8 Å². The molecule has 0 unspecified atom stereocenters. The molecule has 0 saturated heterocycles. The molecule has 2 amide bonds. The molecule has 5 heteroatoms. The average Bonchev–Trinajstić information content (AvgIpc) is 3.47. The van der Waals surface area contributed by atoms with Crippen LogP contribution in [-0.4, -0.2) is 17.9 Å². The Morgan fingerprint density at radius 2 is 1.88 bits per heavy atom. The second-order valence-electron chi connectivity index (χ2n) is 7.04. The maximum absolute atomic E-state index is 12.8. The number of nitrogens with one attached hydrogen (secondary N) is 3. The molecule has 2 aromatic rings. The first-order valence-electron chi connectivity index (χ1n) is 9.24. The van der Waals surface area contributed by atoms with Crippen LogP contribution in [0.5, 0.6) is 0 Å². The first-order chi connectivity index (χ1) is 12.7. The first kappa shape index (κ1) is 16.6. The Morgan fingerprint density at radius 3 is 2.65 bits per heavy atom. The molecule has 0 spiro atoms. The molecule has 0 aromatic heterocycles. The summed E-state index contributed by atoms with van der Waals surface area (Å²) in [6.07, 6.45) is 4.37. The minimum absolute atomic E-state index is 0.00180. The van der Waals surface area contributed by atoms with Crippen LogP contribution in [-0.2, 0) is 16.0 Å². The van der Waals surface area contributed by atoms with Crippen LogP contribution < -0.4 is 16.0 Å². The van der Waals surface area contributed by atoms with Crippen molar-refractivity contribution >= 4 is 23.2 Å². The Kier molecular flexibility index (Phi) is 4.61. The molecule has 1 aliphatic carbocycles. The number of carbonyl (C=O) groups excluding carboxylic acids is 2. The van der Waals surface area contributed by atoms with Gasteiger partial charge in [-0.15, -0.1) is 0 Å². The molecule has 1 aliphatic heterocycles. The van der Waals surface area contributed by atoms with Crippen molar-refractivity contribution in [1.82, 2.24) is 5.32 Å². The molecule has 1 heterocycles. The van der Waals surface area contributed by atoms with Crippen molar-refractivity contribution in [2.75, 3.05) is 10.6 Å². The van der Waals surface area contributed by atoms with E-state index in [9.17, 15) is 9.59 Å². The van der Waals surface area contributed by atoms with Gasteiger partial charge in [-0.1, -0.05) is 30.3 Å². The van der Waals surface area contributed by atoms with Crippen LogP contribution in [0.25, 0.3) is 0 Å². The summed E-state index contributed by atoms with van der Waals surface area (Å²) in [6, 6.07) is 15.5. The number of carbonyl (C=O) groups is 2. The zero-order valence-electron chi connectivity index (χ0n) is 14.6. The van der Waals surface area contributed by atoms with Gasteiger partial charge >= 0.3 is 0 Å². The van der Waals surface area contributed by atoms with Gasteiger partial charge in [0.15, 0.2) is 0 Å². The van der Waals surface area contributed by atoms with E-state index in [0.29, 0.717) is 12.5 Å². The van der Waals surface area contributed by atoms with E-state index in [1.54, 1.807) is 0 Å². The number of anilines is 2. The topological polar surface area (TPSA) is 70.2 Å². The molecule has 0 radical (unpaired) electrons. The monoisotopic (exact) mass is 349 g/mol. The summed E-state index contributed by atoms with van der Waals surface area (Å²) in [5.74, 6) is 0.0670. The zero-order valence-corrected chi connectivity index (χ0v) is 14.6. The molecule has 134 valence electrons. The molecular weight excluding hydrogens is 326 g/mol. The van der Waals surface area contributed by atoms with Crippen molar-refractivity contribution < 1.29 is 9.59 Å². The third kappa shape index (κ3) is 3.87. The highest BCUT2D eigenvalue weighted by atomic mass is 16.2. The molecule has 1 atom stereocenters. The number of hydrogen-bond acceptors (Lipinski definition) is 3. The predicted octanol–water partition coefficient (Wildman–Crippen LogP) is 3.39. The third-order valence-electron chi connectivity index (χ3n) is 4.86. The number of amides is 2. The van der Waals surface area contributed by atoms with Gasteiger partial charge in [-0.2, -0.15) is 0 Å². The van der Waals surface area contributed by atoms with E-state index >= 15 is 0 Å². The summed E-state index contributed by atoms with van der Waals surface area (Å²) >= 11 is 0. The second-order valence-corrected chi connectivity index (χ2v) is 7.04. The lowest BCUT2D eigenvalue weighted by Crippen LogP contribution is -2.34. The summed E-state index contributed by atoms with van der Waals surface area (Å²) in [4.78, 5) is 24.5. The van der Waals surface area contributed by atoms with Crippen molar-refractivity contribution in [1.29, 1.82) is 0 Å². The average molecular weight is 349 g/mol. The quantitative estimate of drug-likeness (QED) is 0.775. The molecular formula is C21H23N3O2. The molecule has 3 N–H and O–H groups in total. The molecule has 1 fully saturated rings. The van der Waals surface area contributed by atoms with Crippen LogP contribution >= 0.6 is 0 Å². The fraction of sp³-hybridized carbons (Fsp3) is 0.333. The van der Waals surface area contributed by atoms with Crippen LogP contribution in [0.4, 0.5) is 11.4 Å². The first-order valence-corrected chi connectivity index (χ1v) is 9.24. The summed E-state index contributed by atoms with van der Waals surface area (Å²) in [7, 11) is 0. The van der Waals surface area contributed by atoms with Gasteiger partial charge < -0.3 is 16.0 Å². The van der Waals surface area contributed by atoms with E-state index in [4.69, 9.17) is 0 Å². The lowest BCUT2D eigenvalue weighted by atomic mass is 10.0. The van der Waals surface area contributed by atoms with E-state index in [1.807, 2.05) is 48.5 Å². The number of hydrogen-bond donors (Lipinski definition) is 3.